The van der Waals surface area contributed by atoms with Gasteiger partial charge in [0.05, 0.1) is 28.9 Å². The summed E-state index contributed by atoms with van der Waals surface area (Å²) >= 11 is 0. The fourth-order valence-electron chi connectivity index (χ4n) is 4.21. The summed E-state index contributed by atoms with van der Waals surface area (Å²) in [7, 11) is -1.23. The van der Waals surface area contributed by atoms with Gasteiger partial charge in [-0.3, -0.25) is 4.79 Å². The minimum absolute atomic E-state index is 0.0139. The molecule has 36 heavy (non-hydrogen) atoms. The number of rotatable bonds is 12. The van der Waals surface area contributed by atoms with Gasteiger partial charge in [-0.05, 0) is 67.8 Å². The Hall–Kier alpha value is -2.72. The Balaban J connectivity index is 1.50. The summed E-state index contributed by atoms with van der Waals surface area (Å²) in [6, 6.07) is 5.98. The van der Waals surface area contributed by atoms with Crippen LogP contribution in [0.2, 0.25) is 25.7 Å². The maximum absolute atomic E-state index is 13.5. The van der Waals surface area contributed by atoms with Crippen LogP contribution in [0.15, 0.2) is 29.2 Å². The van der Waals surface area contributed by atoms with E-state index in [9.17, 15) is 13.6 Å². The fraction of sp³-hybridized carbons (Fsp3) is 0.538. The minimum Gasteiger partial charge on any atom is -0.487 e. The van der Waals surface area contributed by atoms with E-state index >= 15 is 0 Å². The molecule has 1 aromatic carbocycles. The molecule has 0 saturated heterocycles. The van der Waals surface area contributed by atoms with Crippen LogP contribution in [0.4, 0.5) is 8.78 Å². The van der Waals surface area contributed by atoms with Gasteiger partial charge in [-0.2, -0.15) is 13.9 Å². The van der Waals surface area contributed by atoms with E-state index in [1.807, 2.05) is 0 Å². The molecule has 2 heterocycles. The monoisotopic (exact) mass is 517 g/mol. The van der Waals surface area contributed by atoms with Crippen LogP contribution in [0, 0.1) is 5.92 Å². The first-order valence-corrected chi connectivity index (χ1v) is 16.3. The van der Waals surface area contributed by atoms with Crippen molar-refractivity contribution in [2.24, 2.45) is 5.92 Å². The van der Waals surface area contributed by atoms with Gasteiger partial charge < -0.3 is 19.2 Å². The predicted molar refractivity (Wildman–Crippen MR) is 137 cm³/mol. The van der Waals surface area contributed by atoms with E-state index in [0.717, 1.165) is 55.0 Å². The van der Waals surface area contributed by atoms with E-state index in [0.29, 0.717) is 23.4 Å². The first-order valence-electron chi connectivity index (χ1n) is 12.6. The third-order valence-corrected chi connectivity index (χ3v) is 8.28. The lowest BCUT2D eigenvalue weighted by molar-refractivity contribution is -0.0516. The van der Waals surface area contributed by atoms with Gasteiger partial charge >= 0.3 is 6.61 Å². The van der Waals surface area contributed by atoms with Crippen molar-refractivity contribution < 1.29 is 23.0 Å². The van der Waals surface area contributed by atoms with Crippen LogP contribution in [0.25, 0.3) is 22.2 Å². The average Bonchev–Trinajstić information content (AvgIpc) is 3.73. The molecule has 2 fully saturated rings. The molecule has 2 aliphatic carbocycles. The van der Waals surface area contributed by atoms with Crippen LogP contribution in [-0.2, 0) is 17.9 Å². The lowest BCUT2D eigenvalue weighted by Gasteiger charge is -2.15. The van der Waals surface area contributed by atoms with E-state index in [2.05, 4.69) is 34.5 Å². The number of hydrogen-bond acceptors (Lipinski definition) is 5. The Morgan fingerprint density at radius 1 is 1.17 bits per heavy atom. The van der Waals surface area contributed by atoms with Crippen LogP contribution in [-0.4, -0.2) is 42.2 Å². The van der Waals surface area contributed by atoms with Crippen molar-refractivity contribution in [3.63, 3.8) is 0 Å². The molecule has 0 amide bonds. The zero-order valence-corrected chi connectivity index (χ0v) is 22.0. The molecule has 3 aromatic rings. The van der Waals surface area contributed by atoms with E-state index in [4.69, 9.17) is 9.47 Å². The Labute approximate surface area is 209 Å². The van der Waals surface area contributed by atoms with E-state index in [1.165, 1.54) is 10.7 Å². The summed E-state index contributed by atoms with van der Waals surface area (Å²) < 4.78 is 43.6. The van der Waals surface area contributed by atoms with Crippen molar-refractivity contribution in [1.82, 2.24) is 14.8 Å². The summed E-state index contributed by atoms with van der Waals surface area (Å²) in [6.07, 6.45) is 6.48. The van der Waals surface area contributed by atoms with Crippen LogP contribution in [0.1, 0.15) is 31.2 Å². The normalized spacial score (nSPS) is 16.2. The van der Waals surface area contributed by atoms with Gasteiger partial charge in [0.1, 0.15) is 6.73 Å². The van der Waals surface area contributed by atoms with Gasteiger partial charge in [-0.1, -0.05) is 19.6 Å². The summed E-state index contributed by atoms with van der Waals surface area (Å²) in [5, 5.41) is 4.94. The second-order valence-electron chi connectivity index (χ2n) is 11.1. The van der Waals surface area contributed by atoms with Crippen LogP contribution >= 0.6 is 0 Å². The Kier molecular flexibility index (Phi) is 6.91. The van der Waals surface area contributed by atoms with Gasteiger partial charge in [0.15, 0.2) is 11.5 Å². The van der Waals surface area contributed by atoms with Crippen LogP contribution in [0.5, 0.6) is 11.5 Å². The fourth-order valence-corrected chi connectivity index (χ4v) is 4.96. The molecule has 7 nitrogen and oxygen atoms in total. The highest BCUT2D eigenvalue weighted by Crippen LogP contribution is 2.41. The first kappa shape index (κ1) is 24.9. The van der Waals surface area contributed by atoms with Crippen molar-refractivity contribution in [3.8, 4) is 22.8 Å². The molecule has 0 unspecified atom stereocenters. The van der Waals surface area contributed by atoms with Gasteiger partial charge in [-0.15, -0.1) is 0 Å². The molecule has 5 rings (SSSR count). The molecule has 2 saturated carbocycles. The van der Waals surface area contributed by atoms with Crippen molar-refractivity contribution in [3.05, 3.63) is 40.3 Å². The number of hydrogen-bond donors (Lipinski definition) is 1. The van der Waals surface area contributed by atoms with Gasteiger partial charge in [-0.25, -0.2) is 4.68 Å². The molecular formula is C26H33F2N3O4Si. The van der Waals surface area contributed by atoms with Gasteiger partial charge in [0.2, 0.25) is 0 Å². The molecule has 0 radical (unpaired) electrons. The van der Waals surface area contributed by atoms with Gasteiger partial charge in [0.25, 0.3) is 5.56 Å². The number of nitrogens with zero attached hydrogens (tertiary/aromatic N) is 2. The second kappa shape index (κ2) is 9.97. The topological polar surface area (TPSA) is 78.4 Å². The third-order valence-electron chi connectivity index (χ3n) is 6.57. The molecule has 0 atom stereocenters. The average molecular weight is 518 g/mol. The van der Waals surface area contributed by atoms with Crippen molar-refractivity contribution in [2.45, 2.75) is 77.2 Å². The van der Waals surface area contributed by atoms with Gasteiger partial charge in [0, 0.05) is 20.2 Å². The van der Waals surface area contributed by atoms with Crippen molar-refractivity contribution >= 4 is 19.0 Å². The number of benzene rings is 1. The molecular weight excluding hydrogens is 484 g/mol. The molecule has 2 aromatic heterocycles. The van der Waals surface area contributed by atoms with Crippen molar-refractivity contribution in [2.75, 3.05) is 6.61 Å². The molecule has 10 heteroatoms. The maximum Gasteiger partial charge on any atom is 0.387 e. The Morgan fingerprint density at radius 2 is 1.94 bits per heavy atom. The number of alkyl halides is 2. The first-order chi connectivity index (χ1) is 17.2. The second-order valence-corrected chi connectivity index (χ2v) is 16.7. The van der Waals surface area contributed by atoms with Crippen LogP contribution < -0.4 is 15.0 Å². The molecule has 194 valence electrons. The highest BCUT2D eigenvalue weighted by Gasteiger charge is 2.29. The highest BCUT2D eigenvalue weighted by molar-refractivity contribution is 6.76. The number of nitrogens with one attached hydrogen (secondary N) is 1. The largest absolute Gasteiger partial charge is 0.487 e. The minimum atomic E-state index is -2.94. The number of ether oxygens (including phenoxy) is 3. The number of H-pyrrole nitrogens is 1. The summed E-state index contributed by atoms with van der Waals surface area (Å²) in [6.45, 7) is 4.63. The lowest BCUT2D eigenvalue weighted by Crippen LogP contribution is -2.26. The lowest BCUT2D eigenvalue weighted by atomic mass is 10.0. The molecule has 0 aliphatic heterocycles. The van der Waals surface area contributed by atoms with E-state index < -0.39 is 14.7 Å². The molecule has 2 aliphatic rings. The molecule has 0 bridgehead atoms. The van der Waals surface area contributed by atoms with E-state index in [1.54, 1.807) is 18.3 Å². The highest BCUT2D eigenvalue weighted by atomic mass is 28.3. The molecule has 0 spiro atoms. The number of aromatic nitrogens is 3. The van der Waals surface area contributed by atoms with Crippen molar-refractivity contribution in [1.29, 1.82) is 0 Å². The SMILES string of the molecule is C[Si](C)(C)CCOCn1ncc2[nH]c(-c3ccc(OC(F)F)c(OC4CC4)c3)c(CC3CC3)c2c1=O. The number of fused-ring (bicyclic) bond motifs is 1. The summed E-state index contributed by atoms with van der Waals surface area (Å²) in [5.74, 6) is 0.832. The maximum atomic E-state index is 13.5. The zero-order valence-electron chi connectivity index (χ0n) is 21.0. The smallest absolute Gasteiger partial charge is 0.387 e. The Bertz CT molecular complexity index is 1290. The third kappa shape index (κ3) is 5.97. The number of aromatic amines is 1. The quantitative estimate of drug-likeness (QED) is 0.243. The summed E-state index contributed by atoms with van der Waals surface area (Å²) in [5.41, 5.74) is 2.94. The predicted octanol–water partition coefficient (Wildman–Crippen LogP) is 5.80. The van der Waals surface area contributed by atoms with Crippen LogP contribution in [0.3, 0.4) is 0 Å². The number of halogens is 2. The Morgan fingerprint density at radius 3 is 2.61 bits per heavy atom. The van der Waals surface area contributed by atoms with E-state index in [-0.39, 0.29) is 29.9 Å². The summed E-state index contributed by atoms with van der Waals surface area (Å²) in [4.78, 5) is 16.8. The standard InChI is InChI=1S/C26H33F2N3O4Si/c1-36(2,3)11-10-33-15-31-25(32)23-19(12-16-4-5-16)24(30-20(23)14-29-31)17-6-9-21(35-26(27)28)22(13-17)34-18-7-8-18/h6,9,13-14,16,18,26,30H,4-5,7-8,10-12,15H2,1-3H3. The zero-order chi connectivity index (χ0) is 25.4. The molecule has 1 N–H and O–H groups in total.